The summed E-state index contributed by atoms with van der Waals surface area (Å²) in [5, 5.41) is 7.22. The van der Waals surface area contributed by atoms with Crippen LogP contribution in [0.4, 0.5) is 4.79 Å². The standard InChI is InChI=1S/C23H24N4O4/c1-5-27-14(2)19(20(24-23(27)28)15-6-10-17(29-3)11-7-15)22-25-21(26-31-22)16-8-12-18(30-4)13-9-16/h6-13,20H,5H2,1-4H3,(H,24,28). The normalized spacial score (nSPS) is 16.3. The lowest BCUT2D eigenvalue weighted by Crippen LogP contribution is -2.45. The molecule has 2 heterocycles. The number of amides is 2. The highest BCUT2D eigenvalue weighted by Crippen LogP contribution is 2.37. The van der Waals surface area contributed by atoms with Crippen molar-refractivity contribution >= 4 is 11.6 Å². The van der Waals surface area contributed by atoms with Crippen LogP contribution in [0.2, 0.25) is 0 Å². The van der Waals surface area contributed by atoms with Crippen LogP contribution >= 0.6 is 0 Å². The van der Waals surface area contributed by atoms with E-state index in [1.165, 1.54) is 0 Å². The first-order valence-corrected chi connectivity index (χ1v) is 9.97. The predicted molar refractivity (Wildman–Crippen MR) is 116 cm³/mol. The van der Waals surface area contributed by atoms with Crippen LogP contribution in [0.3, 0.4) is 0 Å². The number of methoxy groups -OCH3 is 2. The van der Waals surface area contributed by atoms with Gasteiger partial charge >= 0.3 is 6.03 Å². The number of rotatable bonds is 6. The zero-order valence-corrected chi connectivity index (χ0v) is 17.9. The third-order valence-corrected chi connectivity index (χ3v) is 5.37. The van der Waals surface area contributed by atoms with Gasteiger partial charge in [-0.05, 0) is 55.8 Å². The van der Waals surface area contributed by atoms with Crippen LogP contribution in [0, 0.1) is 0 Å². The van der Waals surface area contributed by atoms with E-state index >= 15 is 0 Å². The Kier molecular flexibility index (Phi) is 5.62. The third kappa shape index (κ3) is 3.84. The van der Waals surface area contributed by atoms with E-state index in [1.54, 1.807) is 19.1 Å². The van der Waals surface area contributed by atoms with E-state index in [1.807, 2.05) is 62.4 Å². The van der Waals surface area contributed by atoms with Crippen LogP contribution in [0.25, 0.3) is 17.0 Å². The van der Waals surface area contributed by atoms with Crippen LogP contribution in [-0.2, 0) is 0 Å². The average molecular weight is 420 g/mol. The average Bonchev–Trinajstić information content (AvgIpc) is 3.29. The molecule has 0 spiro atoms. The predicted octanol–water partition coefficient (Wildman–Crippen LogP) is 4.27. The van der Waals surface area contributed by atoms with Gasteiger partial charge in [-0.1, -0.05) is 17.3 Å². The second kappa shape index (κ2) is 8.51. The van der Waals surface area contributed by atoms with Crippen molar-refractivity contribution in [3.8, 4) is 22.9 Å². The fourth-order valence-electron chi connectivity index (χ4n) is 3.68. The number of nitrogens with one attached hydrogen (secondary N) is 1. The van der Waals surface area contributed by atoms with Gasteiger partial charge in [-0.3, -0.25) is 4.90 Å². The molecule has 0 saturated carbocycles. The lowest BCUT2D eigenvalue weighted by molar-refractivity contribution is 0.207. The van der Waals surface area contributed by atoms with Gasteiger partial charge in [0.05, 0.1) is 25.8 Å². The molecule has 1 aliphatic heterocycles. The minimum atomic E-state index is -0.426. The van der Waals surface area contributed by atoms with Crippen LogP contribution in [0.5, 0.6) is 11.5 Å². The van der Waals surface area contributed by atoms with Crippen molar-refractivity contribution in [1.82, 2.24) is 20.4 Å². The Labute approximate surface area is 180 Å². The Balaban J connectivity index is 1.76. The SMILES string of the molecule is CCN1C(=O)NC(c2ccc(OC)cc2)C(c2nc(-c3ccc(OC)cc3)no2)=C1C. The smallest absolute Gasteiger partial charge is 0.322 e. The zero-order chi connectivity index (χ0) is 22.0. The van der Waals surface area contributed by atoms with Gasteiger partial charge in [0.25, 0.3) is 5.89 Å². The van der Waals surface area contributed by atoms with Gasteiger partial charge in [-0.15, -0.1) is 0 Å². The molecule has 1 aliphatic rings. The second-order valence-electron chi connectivity index (χ2n) is 7.05. The zero-order valence-electron chi connectivity index (χ0n) is 17.9. The van der Waals surface area contributed by atoms with Gasteiger partial charge in [0, 0.05) is 17.8 Å². The minimum absolute atomic E-state index is 0.167. The molecule has 3 aromatic rings. The molecular formula is C23H24N4O4. The summed E-state index contributed by atoms with van der Waals surface area (Å²) >= 11 is 0. The van der Waals surface area contributed by atoms with Crippen molar-refractivity contribution in [3.63, 3.8) is 0 Å². The van der Waals surface area contributed by atoms with E-state index in [0.717, 1.165) is 33.9 Å². The maximum atomic E-state index is 12.7. The highest BCUT2D eigenvalue weighted by Gasteiger charge is 2.35. The van der Waals surface area contributed by atoms with Crippen molar-refractivity contribution in [3.05, 3.63) is 65.7 Å². The molecule has 160 valence electrons. The molecule has 0 radical (unpaired) electrons. The van der Waals surface area contributed by atoms with Crippen LogP contribution in [0.1, 0.15) is 31.3 Å². The summed E-state index contributed by atoms with van der Waals surface area (Å²) < 4.78 is 16.1. The Morgan fingerprint density at radius 2 is 1.65 bits per heavy atom. The highest BCUT2D eigenvalue weighted by molar-refractivity contribution is 5.86. The largest absolute Gasteiger partial charge is 0.497 e. The Morgan fingerprint density at radius 3 is 2.23 bits per heavy atom. The van der Waals surface area contributed by atoms with Crippen molar-refractivity contribution < 1.29 is 18.8 Å². The topological polar surface area (TPSA) is 89.7 Å². The summed E-state index contributed by atoms with van der Waals surface area (Å²) in [5.41, 5.74) is 3.24. The molecule has 8 nitrogen and oxygen atoms in total. The van der Waals surface area contributed by atoms with Gasteiger partial charge < -0.3 is 19.3 Å². The molecule has 1 atom stereocenters. The summed E-state index contributed by atoms with van der Waals surface area (Å²) in [5.74, 6) is 2.32. The first-order valence-electron chi connectivity index (χ1n) is 9.97. The molecular weight excluding hydrogens is 396 g/mol. The number of aromatic nitrogens is 2. The first kappa shape index (κ1) is 20.5. The van der Waals surface area contributed by atoms with E-state index in [-0.39, 0.29) is 6.03 Å². The van der Waals surface area contributed by atoms with Crippen molar-refractivity contribution in [2.75, 3.05) is 20.8 Å². The Hall–Kier alpha value is -3.81. The monoisotopic (exact) mass is 420 g/mol. The van der Waals surface area contributed by atoms with E-state index in [4.69, 9.17) is 14.0 Å². The number of urea groups is 1. The molecule has 1 aromatic heterocycles. The molecule has 0 fully saturated rings. The maximum absolute atomic E-state index is 12.7. The summed E-state index contributed by atoms with van der Waals surface area (Å²) in [6, 6.07) is 14.4. The summed E-state index contributed by atoms with van der Waals surface area (Å²) in [4.78, 5) is 19.0. The highest BCUT2D eigenvalue weighted by atomic mass is 16.5. The fourth-order valence-corrected chi connectivity index (χ4v) is 3.68. The summed E-state index contributed by atoms with van der Waals surface area (Å²) in [6.45, 7) is 4.34. The molecule has 4 rings (SSSR count). The Bertz CT molecular complexity index is 1100. The lowest BCUT2D eigenvalue weighted by Gasteiger charge is -2.34. The molecule has 8 heteroatoms. The Morgan fingerprint density at radius 1 is 1.03 bits per heavy atom. The number of allylic oxidation sites excluding steroid dienone is 1. The van der Waals surface area contributed by atoms with Crippen molar-refractivity contribution in [1.29, 1.82) is 0 Å². The maximum Gasteiger partial charge on any atom is 0.322 e. The number of ether oxygens (including phenoxy) is 2. The van der Waals surface area contributed by atoms with E-state index in [2.05, 4.69) is 15.5 Å². The quantitative estimate of drug-likeness (QED) is 0.641. The van der Waals surface area contributed by atoms with Crippen LogP contribution < -0.4 is 14.8 Å². The van der Waals surface area contributed by atoms with Gasteiger partial charge in [-0.2, -0.15) is 4.98 Å². The summed E-state index contributed by atoms with van der Waals surface area (Å²) in [7, 11) is 3.23. The lowest BCUT2D eigenvalue weighted by atomic mass is 9.94. The molecule has 2 amide bonds. The molecule has 0 aliphatic carbocycles. The van der Waals surface area contributed by atoms with Gasteiger partial charge in [0.2, 0.25) is 5.82 Å². The minimum Gasteiger partial charge on any atom is -0.497 e. The number of carbonyl (C=O) groups is 1. The van der Waals surface area contributed by atoms with Crippen molar-refractivity contribution in [2.45, 2.75) is 19.9 Å². The number of hydrogen-bond donors (Lipinski definition) is 1. The number of hydrogen-bond acceptors (Lipinski definition) is 6. The number of carbonyl (C=O) groups excluding carboxylic acids is 1. The molecule has 0 bridgehead atoms. The van der Waals surface area contributed by atoms with E-state index < -0.39 is 6.04 Å². The van der Waals surface area contributed by atoms with Gasteiger partial charge in [0.15, 0.2) is 0 Å². The molecule has 2 aromatic carbocycles. The molecule has 31 heavy (non-hydrogen) atoms. The van der Waals surface area contributed by atoms with E-state index in [9.17, 15) is 4.79 Å². The molecule has 1 N–H and O–H groups in total. The molecule has 0 saturated heterocycles. The fraction of sp³-hybridized carbons (Fsp3) is 0.261. The van der Waals surface area contributed by atoms with Gasteiger partial charge in [-0.25, -0.2) is 4.79 Å². The molecule has 1 unspecified atom stereocenters. The van der Waals surface area contributed by atoms with Crippen LogP contribution in [-0.4, -0.2) is 41.8 Å². The van der Waals surface area contributed by atoms with Gasteiger partial charge in [0.1, 0.15) is 11.5 Å². The van der Waals surface area contributed by atoms with Crippen LogP contribution in [0.15, 0.2) is 58.8 Å². The number of benzene rings is 2. The third-order valence-electron chi connectivity index (χ3n) is 5.37. The first-order chi connectivity index (χ1) is 15.0. The summed E-state index contributed by atoms with van der Waals surface area (Å²) in [6.07, 6.45) is 0. The van der Waals surface area contributed by atoms with E-state index in [0.29, 0.717) is 18.3 Å². The second-order valence-corrected chi connectivity index (χ2v) is 7.05. The number of nitrogens with zero attached hydrogens (tertiary/aromatic N) is 3. The van der Waals surface area contributed by atoms with Crippen molar-refractivity contribution in [2.24, 2.45) is 0 Å².